The van der Waals surface area contributed by atoms with Crippen LogP contribution in [-0.4, -0.2) is 29.9 Å². The van der Waals surface area contributed by atoms with Gasteiger partial charge in [-0.05, 0) is 75.2 Å². The zero-order chi connectivity index (χ0) is 13.0. The van der Waals surface area contributed by atoms with E-state index >= 15 is 0 Å². The first kappa shape index (κ1) is 12.2. The fourth-order valence-electron chi connectivity index (χ4n) is 5.63. The minimum atomic E-state index is 0.421. The molecule has 1 heterocycles. The molecule has 0 aromatic carbocycles. The van der Waals surface area contributed by atoms with E-state index in [-0.39, 0.29) is 0 Å². The Balaban J connectivity index is 1.45. The van der Waals surface area contributed by atoms with E-state index in [1.54, 1.807) is 0 Å². The molecule has 2 bridgehead atoms. The van der Waals surface area contributed by atoms with Crippen LogP contribution in [0, 0.1) is 29.6 Å². The molecule has 0 radical (unpaired) electrons. The molecule has 106 valence electrons. The van der Waals surface area contributed by atoms with Crippen molar-refractivity contribution in [3.05, 3.63) is 0 Å². The SMILES string of the molecule is NCCC1CCCCN1C(=O)C1C2C3CCC(C3)C12. The molecular formula is C16H26N2O. The third-order valence-electron chi connectivity index (χ3n) is 6.43. The molecule has 3 saturated carbocycles. The van der Waals surface area contributed by atoms with Crippen LogP contribution in [0.1, 0.15) is 44.9 Å². The lowest BCUT2D eigenvalue weighted by molar-refractivity contribution is -0.137. The third kappa shape index (κ3) is 1.77. The monoisotopic (exact) mass is 262 g/mol. The minimum Gasteiger partial charge on any atom is -0.339 e. The first-order valence-electron chi connectivity index (χ1n) is 8.32. The molecular weight excluding hydrogens is 236 g/mol. The number of hydrogen-bond acceptors (Lipinski definition) is 2. The van der Waals surface area contributed by atoms with Crippen molar-refractivity contribution >= 4 is 5.91 Å². The quantitative estimate of drug-likeness (QED) is 0.845. The average Bonchev–Trinajstić information content (AvgIpc) is 2.87. The van der Waals surface area contributed by atoms with Crippen LogP contribution in [0.5, 0.6) is 0 Å². The van der Waals surface area contributed by atoms with Gasteiger partial charge in [-0.15, -0.1) is 0 Å². The molecule has 3 nitrogen and oxygen atoms in total. The number of rotatable bonds is 3. The van der Waals surface area contributed by atoms with Gasteiger partial charge < -0.3 is 10.6 Å². The molecule has 1 amide bonds. The second-order valence-corrected chi connectivity index (χ2v) is 7.27. The lowest BCUT2D eigenvalue weighted by Gasteiger charge is -2.36. The smallest absolute Gasteiger partial charge is 0.226 e. The Morgan fingerprint density at radius 3 is 2.53 bits per heavy atom. The summed E-state index contributed by atoms with van der Waals surface area (Å²) in [7, 11) is 0. The predicted molar refractivity (Wildman–Crippen MR) is 74.3 cm³/mol. The normalized spacial score (nSPS) is 47.3. The molecule has 3 aliphatic carbocycles. The van der Waals surface area contributed by atoms with Gasteiger partial charge in [0.1, 0.15) is 0 Å². The first-order chi connectivity index (χ1) is 9.31. The maximum absolute atomic E-state index is 12.9. The first-order valence-corrected chi connectivity index (χ1v) is 8.32. The molecule has 19 heavy (non-hydrogen) atoms. The molecule has 2 N–H and O–H groups in total. The molecule has 0 aromatic rings. The number of carbonyl (C=O) groups excluding carboxylic acids is 1. The standard InChI is InChI=1S/C16H26N2O/c17-7-6-12-3-1-2-8-18(12)16(19)15-13-10-4-5-11(9-10)14(13)15/h10-15H,1-9,17H2. The number of likely N-dealkylation sites (tertiary alicyclic amines) is 1. The number of hydrogen-bond donors (Lipinski definition) is 1. The van der Waals surface area contributed by atoms with Crippen LogP contribution in [0.25, 0.3) is 0 Å². The number of fused-ring (bicyclic) bond motifs is 5. The van der Waals surface area contributed by atoms with Crippen LogP contribution in [0.15, 0.2) is 0 Å². The maximum atomic E-state index is 12.9. The Labute approximate surface area is 115 Å². The summed E-state index contributed by atoms with van der Waals surface area (Å²) in [6.45, 7) is 1.71. The fourth-order valence-corrected chi connectivity index (χ4v) is 5.63. The zero-order valence-corrected chi connectivity index (χ0v) is 11.8. The van der Waals surface area contributed by atoms with E-state index in [0.717, 1.165) is 43.2 Å². The average molecular weight is 262 g/mol. The van der Waals surface area contributed by atoms with Crippen molar-refractivity contribution < 1.29 is 4.79 Å². The number of piperidine rings is 1. The van der Waals surface area contributed by atoms with E-state index in [2.05, 4.69) is 4.90 Å². The Hall–Kier alpha value is -0.570. The van der Waals surface area contributed by atoms with E-state index in [0.29, 0.717) is 17.9 Å². The van der Waals surface area contributed by atoms with E-state index in [1.807, 2.05) is 0 Å². The highest BCUT2D eigenvalue weighted by molar-refractivity contribution is 5.83. The second kappa shape index (κ2) is 4.47. The summed E-state index contributed by atoms with van der Waals surface area (Å²) < 4.78 is 0. The Morgan fingerprint density at radius 1 is 1.11 bits per heavy atom. The van der Waals surface area contributed by atoms with Crippen LogP contribution in [0.2, 0.25) is 0 Å². The predicted octanol–water partition coefficient (Wildman–Crippen LogP) is 2.01. The van der Waals surface area contributed by atoms with Crippen LogP contribution >= 0.6 is 0 Å². The van der Waals surface area contributed by atoms with Crippen molar-refractivity contribution in [2.75, 3.05) is 13.1 Å². The van der Waals surface area contributed by atoms with Gasteiger partial charge in [0.05, 0.1) is 0 Å². The second-order valence-electron chi connectivity index (χ2n) is 7.27. The van der Waals surface area contributed by atoms with Crippen molar-refractivity contribution in [1.29, 1.82) is 0 Å². The highest BCUT2D eigenvalue weighted by Gasteiger charge is 2.68. The molecule has 5 atom stereocenters. The molecule has 1 saturated heterocycles. The van der Waals surface area contributed by atoms with E-state index in [4.69, 9.17) is 5.73 Å². The van der Waals surface area contributed by atoms with Crippen LogP contribution in [0.3, 0.4) is 0 Å². The topological polar surface area (TPSA) is 46.3 Å². The molecule has 4 aliphatic rings. The van der Waals surface area contributed by atoms with Crippen molar-refractivity contribution in [3.63, 3.8) is 0 Å². The molecule has 3 heteroatoms. The summed E-state index contributed by atoms with van der Waals surface area (Å²) in [6, 6.07) is 0.449. The Kier molecular flexibility index (Phi) is 2.87. The van der Waals surface area contributed by atoms with Gasteiger partial charge in [-0.3, -0.25) is 4.79 Å². The van der Waals surface area contributed by atoms with E-state index in [1.165, 1.54) is 38.5 Å². The Morgan fingerprint density at radius 2 is 1.84 bits per heavy atom. The van der Waals surface area contributed by atoms with Gasteiger partial charge in [-0.1, -0.05) is 0 Å². The molecule has 0 spiro atoms. The highest BCUT2D eigenvalue weighted by atomic mass is 16.2. The van der Waals surface area contributed by atoms with Gasteiger partial charge >= 0.3 is 0 Å². The third-order valence-corrected chi connectivity index (χ3v) is 6.43. The summed E-state index contributed by atoms with van der Waals surface area (Å²) in [4.78, 5) is 15.1. The van der Waals surface area contributed by atoms with Gasteiger partial charge in [0.25, 0.3) is 0 Å². The van der Waals surface area contributed by atoms with Gasteiger partial charge in [0.2, 0.25) is 5.91 Å². The Bertz CT molecular complexity index is 365. The summed E-state index contributed by atoms with van der Waals surface area (Å²) in [5.74, 6) is 4.30. The van der Waals surface area contributed by atoms with Crippen LogP contribution in [-0.2, 0) is 4.79 Å². The molecule has 5 unspecified atom stereocenters. The van der Waals surface area contributed by atoms with Crippen molar-refractivity contribution in [2.24, 2.45) is 35.3 Å². The maximum Gasteiger partial charge on any atom is 0.226 e. The summed E-state index contributed by atoms with van der Waals surface area (Å²) in [6.07, 6.45) is 8.90. The van der Waals surface area contributed by atoms with Crippen LogP contribution < -0.4 is 5.73 Å². The number of nitrogens with zero attached hydrogens (tertiary/aromatic N) is 1. The van der Waals surface area contributed by atoms with E-state index in [9.17, 15) is 4.79 Å². The zero-order valence-electron chi connectivity index (χ0n) is 11.8. The minimum absolute atomic E-state index is 0.421. The van der Waals surface area contributed by atoms with Gasteiger partial charge in [-0.2, -0.15) is 0 Å². The van der Waals surface area contributed by atoms with Gasteiger partial charge in [0.15, 0.2) is 0 Å². The molecule has 4 fully saturated rings. The van der Waals surface area contributed by atoms with Crippen LogP contribution in [0.4, 0.5) is 0 Å². The lowest BCUT2D eigenvalue weighted by Crippen LogP contribution is -2.46. The molecule has 1 aliphatic heterocycles. The van der Waals surface area contributed by atoms with E-state index < -0.39 is 0 Å². The lowest BCUT2D eigenvalue weighted by atomic mass is 9.96. The van der Waals surface area contributed by atoms with Gasteiger partial charge in [0, 0.05) is 18.5 Å². The largest absolute Gasteiger partial charge is 0.339 e. The van der Waals surface area contributed by atoms with Crippen molar-refractivity contribution in [2.45, 2.75) is 51.0 Å². The van der Waals surface area contributed by atoms with Crippen molar-refractivity contribution in [3.8, 4) is 0 Å². The number of carbonyl (C=O) groups is 1. The van der Waals surface area contributed by atoms with Gasteiger partial charge in [-0.25, -0.2) is 0 Å². The van der Waals surface area contributed by atoms with Crippen molar-refractivity contribution in [1.82, 2.24) is 4.90 Å². The number of amides is 1. The summed E-state index contributed by atoms with van der Waals surface area (Å²) in [5.41, 5.74) is 5.72. The fraction of sp³-hybridized carbons (Fsp3) is 0.938. The molecule has 4 rings (SSSR count). The summed E-state index contributed by atoms with van der Waals surface area (Å²) >= 11 is 0. The molecule has 0 aromatic heterocycles. The number of nitrogens with two attached hydrogens (primary N) is 1. The summed E-state index contributed by atoms with van der Waals surface area (Å²) in [5, 5.41) is 0. The highest BCUT2D eigenvalue weighted by Crippen LogP contribution is 2.69.